The van der Waals surface area contributed by atoms with Crippen LogP contribution in [0.2, 0.25) is 0 Å². The van der Waals surface area contributed by atoms with Crippen molar-refractivity contribution in [2.75, 3.05) is 33.4 Å². The van der Waals surface area contributed by atoms with Crippen molar-refractivity contribution in [2.45, 2.75) is 33.3 Å². The number of hydrogen-bond donors (Lipinski definition) is 0. The van der Waals surface area contributed by atoms with Gasteiger partial charge in [-0.1, -0.05) is 6.92 Å². The molecule has 1 atom stereocenters. The van der Waals surface area contributed by atoms with Crippen LogP contribution in [0.3, 0.4) is 0 Å². The van der Waals surface area contributed by atoms with E-state index in [-0.39, 0.29) is 6.10 Å². The summed E-state index contributed by atoms with van der Waals surface area (Å²) in [5.41, 5.74) is 0. The molecule has 0 N–H and O–H groups in total. The first-order valence-corrected chi connectivity index (χ1v) is 5.19. The molecule has 0 fully saturated rings. The molecule has 0 aliphatic rings. The predicted molar refractivity (Wildman–Crippen MR) is 54.1 cm³/mol. The van der Waals surface area contributed by atoms with E-state index in [0.717, 1.165) is 6.42 Å². The van der Waals surface area contributed by atoms with Crippen LogP contribution in [0.5, 0.6) is 0 Å². The highest BCUT2D eigenvalue weighted by Gasteiger charge is 2.05. The smallest absolute Gasteiger partial charge is 0.147 e. The maximum Gasteiger partial charge on any atom is 0.147 e. The van der Waals surface area contributed by atoms with Gasteiger partial charge in [0, 0.05) is 13.2 Å². The SMILES string of the molecule is CCOCOCC(CC)OCOCC. The standard InChI is InChI=1S/C10H22O4/c1-4-10(14-9-12-6-3)7-13-8-11-5-2/h10H,4-9H2,1-3H3. The average molecular weight is 206 g/mol. The molecule has 14 heavy (non-hydrogen) atoms. The van der Waals surface area contributed by atoms with Crippen LogP contribution in [-0.2, 0) is 18.9 Å². The summed E-state index contributed by atoms with van der Waals surface area (Å²) < 4.78 is 20.8. The Kier molecular flexibility index (Phi) is 10.8. The summed E-state index contributed by atoms with van der Waals surface area (Å²) in [4.78, 5) is 0. The summed E-state index contributed by atoms with van der Waals surface area (Å²) in [6.07, 6.45) is 1.01. The van der Waals surface area contributed by atoms with Gasteiger partial charge in [-0.3, -0.25) is 0 Å². The Morgan fingerprint density at radius 3 is 2.07 bits per heavy atom. The van der Waals surface area contributed by atoms with Crippen LogP contribution in [0, 0.1) is 0 Å². The molecule has 0 rings (SSSR count). The van der Waals surface area contributed by atoms with Crippen molar-refractivity contribution in [2.24, 2.45) is 0 Å². The van der Waals surface area contributed by atoms with E-state index in [2.05, 4.69) is 6.92 Å². The number of hydrogen-bond acceptors (Lipinski definition) is 4. The molecule has 4 nitrogen and oxygen atoms in total. The molecule has 0 radical (unpaired) electrons. The molecular weight excluding hydrogens is 184 g/mol. The third-order valence-corrected chi connectivity index (χ3v) is 1.72. The lowest BCUT2D eigenvalue weighted by Crippen LogP contribution is -2.21. The quantitative estimate of drug-likeness (QED) is 0.403. The topological polar surface area (TPSA) is 36.9 Å². The largest absolute Gasteiger partial charge is 0.356 e. The van der Waals surface area contributed by atoms with Crippen molar-refractivity contribution in [1.82, 2.24) is 0 Å². The van der Waals surface area contributed by atoms with E-state index in [9.17, 15) is 0 Å². The van der Waals surface area contributed by atoms with Crippen LogP contribution < -0.4 is 0 Å². The van der Waals surface area contributed by atoms with Gasteiger partial charge in [0.2, 0.25) is 0 Å². The maximum atomic E-state index is 5.41. The molecule has 0 aliphatic carbocycles. The highest BCUT2D eigenvalue weighted by molar-refractivity contribution is 4.50. The van der Waals surface area contributed by atoms with E-state index < -0.39 is 0 Å². The second-order valence-corrected chi connectivity index (χ2v) is 2.79. The second-order valence-electron chi connectivity index (χ2n) is 2.79. The first-order valence-electron chi connectivity index (χ1n) is 5.19. The summed E-state index contributed by atoms with van der Waals surface area (Å²) in [7, 11) is 0. The fourth-order valence-electron chi connectivity index (χ4n) is 0.833. The fourth-order valence-corrected chi connectivity index (χ4v) is 0.833. The van der Waals surface area contributed by atoms with Crippen LogP contribution in [0.1, 0.15) is 27.2 Å². The Labute approximate surface area is 86.5 Å². The van der Waals surface area contributed by atoms with Gasteiger partial charge in [-0.25, -0.2) is 0 Å². The summed E-state index contributed by atoms with van der Waals surface area (Å²) in [6, 6.07) is 0. The normalized spacial score (nSPS) is 13.1. The Morgan fingerprint density at radius 2 is 1.50 bits per heavy atom. The molecule has 0 bridgehead atoms. The second kappa shape index (κ2) is 10.9. The third-order valence-electron chi connectivity index (χ3n) is 1.72. The zero-order valence-corrected chi connectivity index (χ0v) is 9.45. The molecule has 0 amide bonds. The molecule has 0 aromatic rings. The molecule has 1 unspecified atom stereocenters. The Bertz CT molecular complexity index is 108. The Morgan fingerprint density at radius 1 is 0.857 bits per heavy atom. The van der Waals surface area contributed by atoms with Crippen LogP contribution >= 0.6 is 0 Å². The van der Waals surface area contributed by atoms with Gasteiger partial charge in [-0.05, 0) is 20.3 Å². The van der Waals surface area contributed by atoms with Crippen LogP contribution in [0.25, 0.3) is 0 Å². The summed E-state index contributed by atoms with van der Waals surface area (Å²) >= 11 is 0. The van der Waals surface area contributed by atoms with E-state index in [1.54, 1.807) is 0 Å². The molecule has 0 saturated heterocycles. The zero-order valence-electron chi connectivity index (χ0n) is 9.45. The Balaban J connectivity index is 3.28. The number of rotatable bonds is 10. The molecular formula is C10H22O4. The van der Waals surface area contributed by atoms with E-state index in [1.807, 2.05) is 13.8 Å². The van der Waals surface area contributed by atoms with E-state index in [0.29, 0.717) is 33.4 Å². The molecule has 0 spiro atoms. The van der Waals surface area contributed by atoms with Gasteiger partial charge in [-0.2, -0.15) is 0 Å². The van der Waals surface area contributed by atoms with Gasteiger partial charge in [0.25, 0.3) is 0 Å². The third kappa shape index (κ3) is 8.44. The molecule has 0 aromatic carbocycles. The molecule has 0 heterocycles. The van der Waals surface area contributed by atoms with Gasteiger partial charge in [0.1, 0.15) is 13.6 Å². The zero-order chi connectivity index (χ0) is 10.6. The van der Waals surface area contributed by atoms with Crippen molar-refractivity contribution in [1.29, 1.82) is 0 Å². The van der Waals surface area contributed by atoms with E-state index in [1.165, 1.54) is 0 Å². The fraction of sp³-hybridized carbons (Fsp3) is 1.00. The van der Waals surface area contributed by atoms with Crippen molar-refractivity contribution in [3.63, 3.8) is 0 Å². The van der Waals surface area contributed by atoms with Gasteiger partial charge in [0.05, 0.1) is 12.7 Å². The summed E-state index contributed by atoms with van der Waals surface area (Å²) in [5.74, 6) is 0. The molecule has 0 aromatic heterocycles. The van der Waals surface area contributed by atoms with Crippen LogP contribution in [-0.4, -0.2) is 39.5 Å². The highest BCUT2D eigenvalue weighted by atomic mass is 16.7. The van der Waals surface area contributed by atoms with Gasteiger partial charge in [0.15, 0.2) is 0 Å². The van der Waals surface area contributed by atoms with Crippen molar-refractivity contribution in [3.05, 3.63) is 0 Å². The summed E-state index contributed by atoms with van der Waals surface area (Å²) in [5, 5.41) is 0. The molecule has 0 aliphatic heterocycles. The van der Waals surface area contributed by atoms with Crippen LogP contribution in [0.15, 0.2) is 0 Å². The lowest BCUT2D eigenvalue weighted by Gasteiger charge is -2.15. The van der Waals surface area contributed by atoms with E-state index in [4.69, 9.17) is 18.9 Å². The minimum atomic E-state index is 0.0991. The maximum absolute atomic E-state index is 5.41. The predicted octanol–water partition coefficient (Wildman–Crippen LogP) is 1.79. The van der Waals surface area contributed by atoms with Crippen LogP contribution in [0.4, 0.5) is 0 Å². The Hall–Kier alpha value is -0.160. The minimum absolute atomic E-state index is 0.0991. The molecule has 4 heteroatoms. The van der Waals surface area contributed by atoms with Crippen molar-refractivity contribution in [3.8, 4) is 0 Å². The first-order chi connectivity index (χ1) is 6.85. The first kappa shape index (κ1) is 13.8. The lowest BCUT2D eigenvalue weighted by atomic mass is 10.3. The number of ether oxygens (including phenoxy) is 4. The minimum Gasteiger partial charge on any atom is -0.356 e. The van der Waals surface area contributed by atoms with Gasteiger partial charge >= 0.3 is 0 Å². The van der Waals surface area contributed by atoms with E-state index >= 15 is 0 Å². The highest BCUT2D eigenvalue weighted by Crippen LogP contribution is 1.99. The van der Waals surface area contributed by atoms with Gasteiger partial charge in [-0.15, -0.1) is 0 Å². The molecule has 0 saturated carbocycles. The average Bonchev–Trinajstić information content (AvgIpc) is 2.22. The van der Waals surface area contributed by atoms with Crippen molar-refractivity contribution < 1.29 is 18.9 Å². The summed E-state index contributed by atoms with van der Waals surface area (Å²) in [6.45, 7) is 8.53. The monoisotopic (exact) mass is 206 g/mol. The molecule has 86 valence electrons. The lowest BCUT2D eigenvalue weighted by molar-refractivity contribution is -0.131. The van der Waals surface area contributed by atoms with Crippen molar-refractivity contribution >= 4 is 0 Å². The van der Waals surface area contributed by atoms with Gasteiger partial charge < -0.3 is 18.9 Å².